The number of allylic oxidation sites excluding steroid dienone is 2. The largest absolute Gasteiger partial charge is 0.341 e. The minimum Gasteiger partial charge on any atom is -0.341 e. The van der Waals surface area contributed by atoms with E-state index < -0.39 is 5.06 Å². The zero-order valence-electron chi connectivity index (χ0n) is 6.10. The van der Waals surface area contributed by atoms with Crippen LogP contribution in [-0.2, 0) is 4.74 Å². The van der Waals surface area contributed by atoms with Gasteiger partial charge in [0.15, 0.2) is 5.06 Å². The highest BCUT2D eigenvalue weighted by molar-refractivity contribution is 6.34. The number of halogens is 2. The lowest BCUT2D eigenvalue weighted by Gasteiger charge is -2.11. The van der Waals surface area contributed by atoms with Gasteiger partial charge in [0.25, 0.3) is 0 Å². The summed E-state index contributed by atoms with van der Waals surface area (Å²) < 4.78 is 5.28. The second-order valence-corrected chi connectivity index (χ2v) is 3.69. The van der Waals surface area contributed by atoms with Crippen LogP contribution >= 0.6 is 23.2 Å². The average molecular weight is 191 g/mol. The van der Waals surface area contributed by atoms with Crippen LogP contribution in [0.1, 0.15) is 13.3 Å². The summed E-state index contributed by atoms with van der Waals surface area (Å²) in [6.45, 7) is 2.03. The normalized spacial score (nSPS) is 40.8. The molecule has 1 heterocycles. The maximum absolute atomic E-state index is 6.09. The summed E-state index contributed by atoms with van der Waals surface area (Å²) in [7, 11) is 0. The van der Waals surface area contributed by atoms with Gasteiger partial charge in [0, 0.05) is 5.03 Å². The van der Waals surface area contributed by atoms with E-state index in [9.17, 15) is 0 Å². The van der Waals surface area contributed by atoms with Gasteiger partial charge in [0.1, 0.15) is 6.10 Å². The van der Waals surface area contributed by atoms with Gasteiger partial charge in [-0.1, -0.05) is 30.1 Å². The van der Waals surface area contributed by atoms with Crippen LogP contribution in [0.3, 0.4) is 0 Å². The molecule has 0 amide bonds. The van der Waals surface area contributed by atoms with E-state index in [0.717, 1.165) is 17.0 Å². The third-order valence-electron chi connectivity index (χ3n) is 2.08. The predicted octanol–water partition coefficient (Wildman–Crippen LogP) is 2.79. The monoisotopic (exact) mass is 190 g/mol. The molecule has 0 saturated carbocycles. The van der Waals surface area contributed by atoms with Gasteiger partial charge >= 0.3 is 0 Å². The summed E-state index contributed by atoms with van der Waals surface area (Å²) in [5, 5.41) is 0.150. The van der Waals surface area contributed by atoms with E-state index in [2.05, 4.69) is 0 Å². The number of fused-ring (bicyclic) bond motifs is 1. The fourth-order valence-electron chi connectivity index (χ4n) is 1.40. The first-order chi connectivity index (χ1) is 5.18. The molecule has 1 fully saturated rings. The molecule has 0 spiro atoms. The van der Waals surface area contributed by atoms with E-state index in [0.29, 0.717) is 0 Å². The number of hydrogen-bond acceptors (Lipinski definition) is 1. The first kappa shape index (κ1) is 7.66. The van der Waals surface area contributed by atoms with Crippen LogP contribution in [0.5, 0.6) is 0 Å². The molecule has 0 N–H and O–H groups in total. The molecule has 2 atom stereocenters. The van der Waals surface area contributed by atoms with Crippen LogP contribution in [0.2, 0.25) is 0 Å². The lowest BCUT2D eigenvalue weighted by atomic mass is 10.0. The Morgan fingerprint density at radius 2 is 2.45 bits per heavy atom. The summed E-state index contributed by atoms with van der Waals surface area (Å²) in [6, 6.07) is 0. The zero-order valence-corrected chi connectivity index (χ0v) is 7.62. The van der Waals surface area contributed by atoms with E-state index in [1.165, 1.54) is 0 Å². The first-order valence-corrected chi connectivity index (χ1v) is 4.38. The molecule has 11 heavy (non-hydrogen) atoms. The standard InChI is InChI=1S/C8H8Cl2O/c1-2-5-6(9)3-4-7-8(5,10)11-7/h3-4,7H,2H2,1H3. The van der Waals surface area contributed by atoms with Crippen molar-refractivity contribution in [2.45, 2.75) is 24.5 Å². The highest BCUT2D eigenvalue weighted by Crippen LogP contribution is 2.52. The van der Waals surface area contributed by atoms with Crippen molar-refractivity contribution >= 4 is 23.2 Å². The van der Waals surface area contributed by atoms with Crippen molar-refractivity contribution in [2.24, 2.45) is 0 Å². The number of rotatable bonds is 1. The highest BCUT2D eigenvalue weighted by atomic mass is 35.5. The maximum atomic E-state index is 6.09. The third-order valence-corrected chi connectivity index (χ3v) is 2.96. The maximum Gasteiger partial charge on any atom is 0.195 e. The highest BCUT2D eigenvalue weighted by Gasteiger charge is 2.58. The van der Waals surface area contributed by atoms with Crippen molar-refractivity contribution in [2.75, 3.05) is 0 Å². The van der Waals surface area contributed by atoms with Gasteiger partial charge < -0.3 is 4.74 Å². The van der Waals surface area contributed by atoms with Crippen LogP contribution in [0, 0.1) is 0 Å². The molecule has 0 aromatic rings. The number of alkyl halides is 1. The number of hydrogen-bond donors (Lipinski definition) is 0. The lowest BCUT2D eigenvalue weighted by molar-refractivity contribution is 0.385. The number of ether oxygens (including phenoxy) is 1. The van der Waals surface area contributed by atoms with Gasteiger partial charge in [-0.25, -0.2) is 0 Å². The van der Waals surface area contributed by atoms with Gasteiger partial charge in [0.2, 0.25) is 0 Å². The van der Waals surface area contributed by atoms with Crippen LogP contribution < -0.4 is 0 Å². The van der Waals surface area contributed by atoms with E-state index in [-0.39, 0.29) is 6.10 Å². The molecular weight excluding hydrogens is 183 g/mol. The van der Waals surface area contributed by atoms with E-state index in [1.54, 1.807) is 0 Å². The van der Waals surface area contributed by atoms with Crippen molar-refractivity contribution < 1.29 is 4.74 Å². The van der Waals surface area contributed by atoms with Crippen LogP contribution in [0.25, 0.3) is 0 Å². The van der Waals surface area contributed by atoms with Gasteiger partial charge in [-0.3, -0.25) is 0 Å². The second-order valence-electron chi connectivity index (χ2n) is 2.72. The molecule has 0 aromatic heterocycles. The van der Waals surface area contributed by atoms with Gasteiger partial charge in [-0.05, 0) is 24.1 Å². The van der Waals surface area contributed by atoms with Crippen LogP contribution in [-0.4, -0.2) is 11.2 Å². The lowest BCUT2D eigenvalue weighted by Crippen LogP contribution is -2.12. The van der Waals surface area contributed by atoms with Gasteiger partial charge in [-0.2, -0.15) is 0 Å². The quantitative estimate of drug-likeness (QED) is 0.458. The van der Waals surface area contributed by atoms with Crippen LogP contribution in [0.15, 0.2) is 22.8 Å². The minimum atomic E-state index is -0.583. The summed E-state index contributed by atoms with van der Waals surface area (Å²) in [5.41, 5.74) is 1.01. The van der Waals surface area contributed by atoms with E-state index in [4.69, 9.17) is 27.9 Å². The van der Waals surface area contributed by atoms with Crippen molar-refractivity contribution in [1.82, 2.24) is 0 Å². The Bertz CT molecular complexity index is 257. The average Bonchev–Trinajstić information content (AvgIpc) is 2.60. The molecular formula is C8H8Cl2O. The van der Waals surface area contributed by atoms with Crippen molar-refractivity contribution in [3.8, 4) is 0 Å². The van der Waals surface area contributed by atoms with Gasteiger partial charge in [-0.15, -0.1) is 0 Å². The Hall–Kier alpha value is 0.0200. The molecule has 1 aliphatic heterocycles. The Labute approximate surface area is 75.6 Å². The molecule has 1 saturated heterocycles. The Kier molecular flexibility index (Phi) is 1.57. The molecule has 0 aromatic carbocycles. The predicted molar refractivity (Wildman–Crippen MR) is 45.8 cm³/mol. The van der Waals surface area contributed by atoms with Gasteiger partial charge in [0.05, 0.1) is 0 Å². The minimum absolute atomic E-state index is 0.0571. The second kappa shape index (κ2) is 2.25. The summed E-state index contributed by atoms with van der Waals surface area (Å²) in [6.07, 6.45) is 4.66. The topological polar surface area (TPSA) is 12.5 Å². The molecule has 2 unspecified atom stereocenters. The Balaban J connectivity index is 2.40. The zero-order chi connectivity index (χ0) is 8.06. The van der Waals surface area contributed by atoms with Crippen molar-refractivity contribution in [3.63, 3.8) is 0 Å². The third kappa shape index (κ3) is 0.952. The smallest absolute Gasteiger partial charge is 0.195 e. The molecule has 0 radical (unpaired) electrons. The fourth-order valence-corrected chi connectivity index (χ4v) is 2.20. The molecule has 1 nitrogen and oxygen atoms in total. The SMILES string of the molecule is CCC1=C(Cl)C=CC2OC12Cl. The molecule has 1 aliphatic carbocycles. The molecule has 3 heteroatoms. The Morgan fingerprint density at radius 3 is 3.00 bits per heavy atom. The summed E-state index contributed by atoms with van der Waals surface area (Å²) >= 11 is 12.0. The molecule has 0 bridgehead atoms. The van der Waals surface area contributed by atoms with Crippen molar-refractivity contribution in [1.29, 1.82) is 0 Å². The van der Waals surface area contributed by atoms with Crippen molar-refractivity contribution in [3.05, 3.63) is 22.8 Å². The molecule has 60 valence electrons. The molecule has 2 rings (SSSR count). The Morgan fingerprint density at radius 1 is 1.73 bits per heavy atom. The summed E-state index contributed by atoms with van der Waals surface area (Å²) in [4.78, 5) is 0. The first-order valence-electron chi connectivity index (χ1n) is 3.62. The number of epoxide rings is 1. The van der Waals surface area contributed by atoms with Crippen LogP contribution in [0.4, 0.5) is 0 Å². The molecule has 2 aliphatic rings. The summed E-state index contributed by atoms with van der Waals surface area (Å²) in [5.74, 6) is 0. The van der Waals surface area contributed by atoms with E-state index in [1.807, 2.05) is 19.1 Å². The van der Waals surface area contributed by atoms with E-state index >= 15 is 0 Å². The fraction of sp³-hybridized carbons (Fsp3) is 0.500.